The molecule has 0 aliphatic carbocycles. The van der Waals surface area contributed by atoms with Gasteiger partial charge in [0.25, 0.3) is 5.91 Å². The van der Waals surface area contributed by atoms with E-state index in [0.29, 0.717) is 11.5 Å². The van der Waals surface area contributed by atoms with E-state index in [-0.39, 0.29) is 11.9 Å². The first-order valence-corrected chi connectivity index (χ1v) is 10.7. The van der Waals surface area contributed by atoms with Gasteiger partial charge in [0.15, 0.2) is 0 Å². The van der Waals surface area contributed by atoms with E-state index < -0.39 is 0 Å². The molecule has 0 aliphatic rings. The molecule has 0 spiro atoms. The number of rotatable bonds is 7. The molecule has 0 saturated carbocycles. The summed E-state index contributed by atoms with van der Waals surface area (Å²) in [4.78, 5) is 13.4. The predicted molar refractivity (Wildman–Crippen MR) is 120 cm³/mol. The topological polar surface area (TPSA) is 38.3 Å². The first-order chi connectivity index (χ1) is 14.2. The maximum atomic E-state index is 12.7. The van der Waals surface area contributed by atoms with Crippen LogP contribution in [0.3, 0.4) is 0 Å². The molecular formula is C25H23NO2S. The molecule has 1 heterocycles. The number of carbonyl (C=O) groups is 1. The number of amides is 1. The van der Waals surface area contributed by atoms with Crippen LogP contribution in [0.1, 0.15) is 40.2 Å². The molecule has 1 unspecified atom stereocenters. The van der Waals surface area contributed by atoms with Crippen LogP contribution >= 0.6 is 11.3 Å². The van der Waals surface area contributed by atoms with Crippen LogP contribution in [0.2, 0.25) is 0 Å². The molecule has 0 bridgehead atoms. The normalized spacial score (nSPS) is 11.9. The van der Waals surface area contributed by atoms with Gasteiger partial charge in [-0.15, -0.1) is 11.3 Å². The highest BCUT2D eigenvalue weighted by molar-refractivity contribution is 7.12. The Bertz CT molecular complexity index is 1100. The van der Waals surface area contributed by atoms with Crippen LogP contribution in [0.25, 0.3) is 10.8 Å². The molecule has 29 heavy (non-hydrogen) atoms. The number of benzene rings is 3. The van der Waals surface area contributed by atoms with Gasteiger partial charge in [-0.25, -0.2) is 0 Å². The fraction of sp³-hybridized carbons (Fsp3) is 0.160. The summed E-state index contributed by atoms with van der Waals surface area (Å²) in [6.45, 7) is 2.52. The van der Waals surface area contributed by atoms with Crippen LogP contribution in [0, 0.1) is 0 Å². The lowest BCUT2D eigenvalue weighted by Crippen LogP contribution is -2.27. The van der Waals surface area contributed by atoms with Crippen molar-refractivity contribution in [1.82, 2.24) is 5.32 Å². The van der Waals surface area contributed by atoms with Crippen LogP contribution in [-0.2, 0) is 6.61 Å². The highest BCUT2D eigenvalue weighted by atomic mass is 32.1. The summed E-state index contributed by atoms with van der Waals surface area (Å²) in [6.07, 6.45) is 0.846. The second-order valence-corrected chi connectivity index (χ2v) is 7.87. The van der Waals surface area contributed by atoms with E-state index in [1.54, 1.807) is 0 Å². The maximum absolute atomic E-state index is 12.7. The van der Waals surface area contributed by atoms with Crippen molar-refractivity contribution >= 4 is 28.0 Å². The molecule has 1 atom stereocenters. The van der Waals surface area contributed by atoms with Gasteiger partial charge in [0.2, 0.25) is 0 Å². The van der Waals surface area contributed by atoms with Gasteiger partial charge in [0.1, 0.15) is 12.4 Å². The molecule has 3 aromatic carbocycles. The number of carbonyl (C=O) groups excluding carboxylic acids is 1. The molecule has 1 N–H and O–H groups in total. The zero-order chi connectivity index (χ0) is 20.1. The molecular weight excluding hydrogens is 378 g/mol. The summed E-state index contributed by atoms with van der Waals surface area (Å²) >= 11 is 1.45. The average molecular weight is 402 g/mol. The molecule has 0 radical (unpaired) electrons. The van der Waals surface area contributed by atoms with E-state index in [9.17, 15) is 4.79 Å². The zero-order valence-corrected chi connectivity index (χ0v) is 17.1. The molecule has 0 aliphatic heterocycles. The average Bonchev–Trinajstić information content (AvgIpc) is 3.25. The lowest BCUT2D eigenvalue weighted by Gasteiger charge is -2.16. The van der Waals surface area contributed by atoms with Crippen molar-refractivity contribution in [2.75, 3.05) is 0 Å². The number of nitrogens with one attached hydrogen (secondary N) is 1. The van der Waals surface area contributed by atoms with E-state index in [1.807, 2.05) is 66.0 Å². The molecule has 4 rings (SSSR count). The molecule has 3 nitrogen and oxygen atoms in total. The molecule has 146 valence electrons. The number of hydrogen-bond donors (Lipinski definition) is 1. The minimum Gasteiger partial charge on any atom is -0.489 e. The van der Waals surface area contributed by atoms with Gasteiger partial charge in [-0.2, -0.15) is 0 Å². The molecule has 4 heteroatoms. The Morgan fingerprint density at radius 3 is 2.52 bits per heavy atom. The first kappa shape index (κ1) is 19.2. The van der Waals surface area contributed by atoms with Crippen molar-refractivity contribution in [2.24, 2.45) is 0 Å². The van der Waals surface area contributed by atoms with Crippen LogP contribution in [-0.4, -0.2) is 5.91 Å². The Kier molecular flexibility index (Phi) is 5.92. The van der Waals surface area contributed by atoms with E-state index in [1.165, 1.54) is 16.7 Å². The molecule has 4 aromatic rings. The van der Waals surface area contributed by atoms with Gasteiger partial charge in [-0.3, -0.25) is 4.79 Å². The molecule has 1 amide bonds. The summed E-state index contributed by atoms with van der Waals surface area (Å²) in [5, 5.41) is 7.47. The summed E-state index contributed by atoms with van der Waals surface area (Å²) in [6, 6.07) is 26.3. The minimum absolute atomic E-state index is 0.0168. The monoisotopic (exact) mass is 401 g/mol. The van der Waals surface area contributed by atoms with Gasteiger partial charge in [0.05, 0.1) is 10.9 Å². The third kappa shape index (κ3) is 4.66. The summed E-state index contributed by atoms with van der Waals surface area (Å²) in [5.41, 5.74) is 2.13. The lowest BCUT2D eigenvalue weighted by molar-refractivity contribution is 0.0939. The highest BCUT2D eigenvalue weighted by Crippen LogP contribution is 2.23. The maximum Gasteiger partial charge on any atom is 0.261 e. The quantitative estimate of drug-likeness (QED) is 0.391. The van der Waals surface area contributed by atoms with E-state index in [2.05, 4.69) is 30.4 Å². The molecule has 0 saturated heterocycles. The molecule has 0 fully saturated rings. The standard InChI is InChI=1S/C25H23NO2S/c1-2-23(20-9-4-3-5-10-20)26-25(27)24-14-18(17-29-24)16-28-22-13-12-19-8-6-7-11-21(19)15-22/h3-15,17,23H,2,16H2,1H3,(H,26,27). The Labute approximate surface area is 175 Å². The van der Waals surface area contributed by atoms with Crippen LogP contribution in [0.5, 0.6) is 5.75 Å². The van der Waals surface area contributed by atoms with Crippen molar-refractivity contribution in [3.63, 3.8) is 0 Å². The Hall–Kier alpha value is -3.11. The summed E-state index contributed by atoms with van der Waals surface area (Å²) < 4.78 is 5.94. The van der Waals surface area contributed by atoms with E-state index in [0.717, 1.165) is 28.7 Å². The Balaban J connectivity index is 1.39. The van der Waals surface area contributed by atoms with Crippen molar-refractivity contribution < 1.29 is 9.53 Å². The predicted octanol–water partition coefficient (Wildman–Crippen LogP) is 6.36. The van der Waals surface area contributed by atoms with Crippen molar-refractivity contribution in [1.29, 1.82) is 0 Å². The lowest BCUT2D eigenvalue weighted by atomic mass is 10.0. The van der Waals surface area contributed by atoms with Crippen molar-refractivity contribution in [3.8, 4) is 5.75 Å². The van der Waals surface area contributed by atoms with Gasteiger partial charge in [-0.05, 0) is 46.3 Å². The van der Waals surface area contributed by atoms with Crippen LogP contribution in [0.15, 0.2) is 84.2 Å². The fourth-order valence-electron chi connectivity index (χ4n) is 3.33. The summed E-state index contributed by atoms with van der Waals surface area (Å²) in [5.74, 6) is 0.790. The smallest absolute Gasteiger partial charge is 0.261 e. The van der Waals surface area contributed by atoms with Gasteiger partial charge >= 0.3 is 0 Å². The highest BCUT2D eigenvalue weighted by Gasteiger charge is 2.15. The zero-order valence-electron chi connectivity index (χ0n) is 16.3. The van der Waals surface area contributed by atoms with Crippen molar-refractivity contribution in [3.05, 3.63) is 100 Å². The largest absolute Gasteiger partial charge is 0.489 e. The second-order valence-electron chi connectivity index (χ2n) is 6.96. The first-order valence-electron chi connectivity index (χ1n) is 9.78. The second kappa shape index (κ2) is 8.93. The van der Waals surface area contributed by atoms with E-state index in [4.69, 9.17) is 4.74 Å². The Morgan fingerprint density at radius 2 is 1.72 bits per heavy atom. The van der Waals surface area contributed by atoms with Gasteiger partial charge in [-0.1, -0.05) is 67.6 Å². The van der Waals surface area contributed by atoms with Crippen molar-refractivity contribution in [2.45, 2.75) is 26.0 Å². The van der Waals surface area contributed by atoms with Crippen LogP contribution < -0.4 is 10.1 Å². The number of fused-ring (bicyclic) bond motifs is 1. The SMILES string of the molecule is CCC(NC(=O)c1cc(COc2ccc3ccccc3c2)cs1)c1ccccc1. The summed E-state index contributed by atoms with van der Waals surface area (Å²) in [7, 11) is 0. The minimum atomic E-state index is -0.0392. The van der Waals surface area contributed by atoms with Gasteiger partial charge < -0.3 is 10.1 Å². The van der Waals surface area contributed by atoms with Gasteiger partial charge in [0, 0.05) is 5.56 Å². The third-order valence-corrected chi connectivity index (χ3v) is 5.90. The van der Waals surface area contributed by atoms with E-state index >= 15 is 0 Å². The Morgan fingerprint density at radius 1 is 0.966 bits per heavy atom. The number of ether oxygens (including phenoxy) is 1. The molecule has 1 aromatic heterocycles. The van der Waals surface area contributed by atoms with Crippen LogP contribution in [0.4, 0.5) is 0 Å². The fourth-order valence-corrected chi connectivity index (χ4v) is 4.13. The third-order valence-electron chi connectivity index (χ3n) is 4.92. The number of hydrogen-bond acceptors (Lipinski definition) is 3. The number of thiophene rings is 1.